The van der Waals surface area contributed by atoms with Crippen molar-refractivity contribution < 1.29 is 23.5 Å². The molecule has 8 heteroatoms. The molecule has 0 atom stereocenters. The van der Waals surface area contributed by atoms with Crippen molar-refractivity contribution in [3.63, 3.8) is 0 Å². The summed E-state index contributed by atoms with van der Waals surface area (Å²) in [6, 6.07) is 12.9. The monoisotopic (exact) mass is 416 g/mol. The minimum Gasteiger partial charge on any atom is -0.468 e. The largest absolute Gasteiger partial charge is 0.468 e. The highest BCUT2D eigenvalue weighted by molar-refractivity contribution is 6.30. The molecule has 0 radical (unpaired) electrons. The molecule has 6 nitrogen and oxygen atoms in total. The number of hydrogen-bond acceptors (Lipinski definition) is 5. The summed E-state index contributed by atoms with van der Waals surface area (Å²) in [5, 5.41) is 5.10. The van der Waals surface area contributed by atoms with E-state index in [1.54, 1.807) is 35.1 Å². The van der Waals surface area contributed by atoms with Crippen LogP contribution in [0.3, 0.4) is 0 Å². The minimum absolute atomic E-state index is 0.0223. The van der Waals surface area contributed by atoms with Gasteiger partial charge in [-0.2, -0.15) is 5.10 Å². The summed E-state index contributed by atoms with van der Waals surface area (Å²) in [4.78, 5) is 24.2. The molecule has 1 heterocycles. The third kappa shape index (κ3) is 4.63. The van der Waals surface area contributed by atoms with Gasteiger partial charge in [0, 0.05) is 23.2 Å². The second kappa shape index (κ2) is 8.87. The van der Waals surface area contributed by atoms with Gasteiger partial charge in [0.05, 0.1) is 25.6 Å². The molecule has 0 aliphatic rings. The molecule has 1 aromatic heterocycles. The molecule has 0 fully saturated rings. The Kier molecular flexibility index (Phi) is 6.29. The average Bonchev–Trinajstić information content (AvgIpc) is 3.15. The van der Waals surface area contributed by atoms with Crippen molar-refractivity contribution >= 4 is 23.5 Å². The first-order chi connectivity index (χ1) is 13.9. The maximum atomic E-state index is 13.3. The van der Waals surface area contributed by atoms with E-state index in [1.807, 2.05) is 12.1 Å². The number of halogens is 2. The molecule has 0 aliphatic carbocycles. The van der Waals surface area contributed by atoms with Gasteiger partial charge >= 0.3 is 11.9 Å². The van der Waals surface area contributed by atoms with Crippen LogP contribution in [-0.2, 0) is 25.5 Å². The summed E-state index contributed by atoms with van der Waals surface area (Å²) in [5.41, 5.74) is 2.60. The van der Waals surface area contributed by atoms with Crippen molar-refractivity contribution in [2.24, 2.45) is 5.92 Å². The fourth-order valence-corrected chi connectivity index (χ4v) is 3.02. The molecule has 0 saturated carbocycles. The van der Waals surface area contributed by atoms with Gasteiger partial charge < -0.3 is 9.47 Å². The van der Waals surface area contributed by atoms with Crippen molar-refractivity contribution in [2.45, 2.75) is 6.42 Å². The Bertz CT molecular complexity index is 1000. The summed E-state index contributed by atoms with van der Waals surface area (Å²) < 4.78 is 24.3. The van der Waals surface area contributed by atoms with E-state index >= 15 is 0 Å². The zero-order chi connectivity index (χ0) is 21.0. The zero-order valence-electron chi connectivity index (χ0n) is 15.8. The summed E-state index contributed by atoms with van der Waals surface area (Å²) in [5.74, 6) is -2.95. The Morgan fingerprint density at radius 3 is 2.17 bits per heavy atom. The first kappa shape index (κ1) is 20.5. The molecule has 0 aliphatic heterocycles. The first-order valence-electron chi connectivity index (χ1n) is 8.69. The zero-order valence-corrected chi connectivity index (χ0v) is 16.5. The van der Waals surface area contributed by atoms with Crippen LogP contribution in [0.4, 0.5) is 4.39 Å². The van der Waals surface area contributed by atoms with Crippen molar-refractivity contribution in [1.82, 2.24) is 9.78 Å². The van der Waals surface area contributed by atoms with Gasteiger partial charge in [-0.05, 0) is 42.0 Å². The molecule has 0 N–H and O–H groups in total. The van der Waals surface area contributed by atoms with Crippen molar-refractivity contribution in [2.75, 3.05) is 14.2 Å². The number of aromatic nitrogens is 2. The highest BCUT2D eigenvalue weighted by atomic mass is 35.5. The fourth-order valence-electron chi connectivity index (χ4n) is 2.90. The van der Waals surface area contributed by atoms with Gasteiger partial charge in [-0.15, -0.1) is 0 Å². The third-order valence-electron chi connectivity index (χ3n) is 4.41. The van der Waals surface area contributed by atoms with Crippen LogP contribution in [0.2, 0.25) is 5.02 Å². The molecule has 2 aromatic carbocycles. The molecule has 150 valence electrons. The topological polar surface area (TPSA) is 70.4 Å². The van der Waals surface area contributed by atoms with E-state index in [0.717, 1.165) is 5.56 Å². The number of carbonyl (C=O) groups is 2. The van der Waals surface area contributed by atoms with E-state index in [-0.39, 0.29) is 12.2 Å². The lowest BCUT2D eigenvalue weighted by atomic mass is 9.98. The molecule has 0 bridgehead atoms. The van der Waals surface area contributed by atoms with Gasteiger partial charge in [0.15, 0.2) is 5.92 Å². The SMILES string of the molecule is COC(=O)C(Cc1nn(-c2ccc(F)cc2)cc1-c1ccc(Cl)cc1)C(=O)OC. The summed E-state index contributed by atoms with van der Waals surface area (Å²) in [6.45, 7) is 0. The molecule has 0 spiro atoms. The van der Waals surface area contributed by atoms with E-state index in [1.165, 1.54) is 26.4 Å². The normalized spacial score (nSPS) is 10.8. The predicted molar refractivity (Wildman–Crippen MR) is 105 cm³/mol. The van der Waals surface area contributed by atoms with Gasteiger partial charge in [0.2, 0.25) is 0 Å². The number of benzene rings is 2. The highest BCUT2D eigenvalue weighted by Gasteiger charge is 2.31. The standard InChI is InChI=1S/C21H18ClFN2O4/c1-28-20(26)17(21(27)29-2)11-19-18(13-3-5-14(22)6-4-13)12-25(24-19)16-9-7-15(23)8-10-16/h3-10,12,17H,11H2,1-2H3. The van der Waals surface area contributed by atoms with Gasteiger partial charge in [-0.25, -0.2) is 9.07 Å². The number of esters is 2. The second-order valence-corrected chi connectivity index (χ2v) is 6.66. The van der Waals surface area contributed by atoms with E-state index in [4.69, 9.17) is 21.1 Å². The third-order valence-corrected chi connectivity index (χ3v) is 4.66. The number of nitrogens with zero attached hydrogens (tertiary/aromatic N) is 2. The predicted octanol–water partition coefficient (Wildman–Crippen LogP) is 3.84. The van der Waals surface area contributed by atoms with Crippen LogP contribution in [-0.4, -0.2) is 35.9 Å². The summed E-state index contributed by atoms with van der Waals surface area (Å²) in [7, 11) is 2.41. The van der Waals surface area contributed by atoms with Crippen LogP contribution in [0, 0.1) is 11.7 Å². The Balaban J connectivity index is 2.07. The van der Waals surface area contributed by atoms with E-state index in [9.17, 15) is 14.0 Å². The Morgan fingerprint density at radius 1 is 1.03 bits per heavy atom. The van der Waals surface area contributed by atoms with Crippen LogP contribution in [0.15, 0.2) is 54.7 Å². The Labute approximate surface area is 171 Å². The lowest BCUT2D eigenvalue weighted by molar-refractivity contribution is -0.158. The summed E-state index contributed by atoms with van der Waals surface area (Å²) in [6.07, 6.45) is 1.73. The van der Waals surface area contributed by atoms with Crippen LogP contribution in [0.25, 0.3) is 16.8 Å². The van der Waals surface area contributed by atoms with Crippen LogP contribution < -0.4 is 0 Å². The lowest BCUT2D eigenvalue weighted by Gasteiger charge is -2.12. The van der Waals surface area contributed by atoms with Gasteiger partial charge in [0.1, 0.15) is 5.82 Å². The first-order valence-corrected chi connectivity index (χ1v) is 9.06. The highest BCUT2D eigenvalue weighted by Crippen LogP contribution is 2.28. The second-order valence-electron chi connectivity index (χ2n) is 6.22. The van der Waals surface area contributed by atoms with Crippen molar-refractivity contribution in [1.29, 1.82) is 0 Å². The van der Waals surface area contributed by atoms with E-state index < -0.39 is 17.9 Å². The maximum absolute atomic E-state index is 13.3. The van der Waals surface area contributed by atoms with E-state index in [2.05, 4.69) is 5.10 Å². The van der Waals surface area contributed by atoms with Gasteiger partial charge in [-0.3, -0.25) is 9.59 Å². The number of hydrogen-bond donors (Lipinski definition) is 0. The van der Waals surface area contributed by atoms with E-state index in [0.29, 0.717) is 22.0 Å². The molecule has 0 amide bonds. The van der Waals surface area contributed by atoms with Crippen LogP contribution in [0.1, 0.15) is 5.69 Å². The quantitative estimate of drug-likeness (QED) is 0.451. The Morgan fingerprint density at radius 2 is 1.62 bits per heavy atom. The van der Waals surface area contributed by atoms with Crippen molar-refractivity contribution in [3.05, 3.63) is 71.3 Å². The smallest absolute Gasteiger partial charge is 0.320 e. The molecule has 29 heavy (non-hydrogen) atoms. The molecular weight excluding hydrogens is 399 g/mol. The number of carbonyl (C=O) groups excluding carboxylic acids is 2. The molecule has 3 rings (SSSR count). The van der Waals surface area contributed by atoms with Crippen LogP contribution in [0.5, 0.6) is 0 Å². The summed E-state index contributed by atoms with van der Waals surface area (Å²) >= 11 is 5.98. The lowest BCUT2D eigenvalue weighted by Crippen LogP contribution is -2.28. The minimum atomic E-state index is -1.16. The van der Waals surface area contributed by atoms with Crippen molar-refractivity contribution in [3.8, 4) is 16.8 Å². The number of methoxy groups -OCH3 is 2. The molecule has 0 saturated heterocycles. The Hall–Kier alpha value is -3.19. The maximum Gasteiger partial charge on any atom is 0.320 e. The fraction of sp³-hybridized carbons (Fsp3) is 0.190. The van der Waals surface area contributed by atoms with Gasteiger partial charge in [0.25, 0.3) is 0 Å². The number of rotatable bonds is 6. The van der Waals surface area contributed by atoms with Crippen LogP contribution >= 0.6 is 11.6 Å². The molecular formula is C21H18ClFN2O4. The molecule has 3 aromatic rings. The molecule has 0 unspecified atom stereocenters. The number of ether oxygens (including phenoxy) is 2. The van der Waals surface area contributed by atoms with Gasteiger partial charge in [-0.1, -0.05) is 23.7 Å². The average molecular weight is 417 g/mol.